The molecule has 0 radical (unpaired) electrons. The molecule has 0 amide bonds. The summed E-state index contributed by atoms with van der Waals surface area (Å²) in [5.74, 6) is 0.716. The van der Waals surface area contributed by atoms with Crippen LogP contribution in [-0.4, -0.2) is 19.9 Å². The van der Waals surface area contributed by atoms with Gasteiger partial charge >= 0.3 is 0 Å². The summed E-state index contributed by atoms with van der Waals surface area (Å²) >= 11 is 0. The molecule has 84 valence electrons. The van der Waals surface area contributed by atoms with E-state index in [9.17, 15) is 5.11 Å². The number of rotatable bonds is 2. The van der Waals surface area contributed by atoms with Gasteiger partial charge in [-0.2, -0.15) is 5.10 Å². The van der Waals surface area contributed by atoms with Crippen LogP contribution in [0.1, 0.15) is 22.5 Å². The first-order chi connectivity index (χ1) is 7.61. The molecule has 4 nitrogen and oxygen atoms in total. The van der Waals surface area contributed by atoms with Gasteiger partial charge in [0.25, 0.3) is 0 Å². The predicted octanol–water partition coefficient (Wildman–Crippen LogP) is 1.68. The molecule has 16 heavy (non-hydrogen) atoms. The first-order valence-electron chi connectivity index (χ1n) is 5.22. The van der Waals surface area contributed by atoms with E-state index in [-0.39, 0.29) is 6.61 Å². The molecule has 0 fully saturated rings. The van der Waals surface area contributed by atoms with Crippen LogP contribution in [0.15, 0.2) is 18.3 Å². The molecule has 2 aromatic rings. The Hall–Kier alpha value is -1.68. The molecule has 0 spiro atoms. The molecule has 0 unspecified atom stereocenters. The third kappa shape index (κ3) is 1.84. The van der Waals surface area contributed by atoms with E-state index in [1.165, 1.54) is 0 Å². The van der Waals surface area contributed by atoms with Crippen LogP contribution in [-0.2, 0) is 6.61 Å². The third-order valence-electron chi connectivity index (χ3n) is 2.55. The Balaban J connectivity index is 2.63. The van der Waals surface area contributed by atoms with Gasteiger partial charge in [0, 0.05) is 17.5 Å². The summed E-state index contributed by atoms with van der Waals surface area (Å²) in [4.78, 5) is 4.43. The normalized spacial score (nSPS) is 10.8. The summed E-state index contributed by atoms with van der Waals surface area (Å²) in [5, 5.41) is 13.7. The zero-order valence-electron chi connectivity index (χ0n) is 9.73. The number of aryl methyl sites for hydroxylation is 3. The van der Waals surface area contributed by atoms with Gasteiger partial charge in [-0.15, -0.1) is 0 Å². The Morgan fingerprint density at radius 3 is 2.56 bits per heavy atom. The Morgan fingerprint density at radius 2 is 2.00 bits per heavy atom. The van der Waals surface area contributed by atoms with Gasteiger partial charge in [-0.05, 0) is 38.5 Å². The smallest absolute Gasteiger partial charge is 0.159 e. The van der Waals surface area contributed by atoms with Crippen LogP contribution in [0.2, 0.25) is 0 Å². The average Bonchev–Trinajstić information content (AvgIpc) is 2.63. The summed E-state index contributed by atoms with van der Waals surface area (Å²) in [6.07, 6.45) is 1.86. The monoisotopic (exact) mass is 217 g/mol. The molecule has 2 heterocycles. The molecule has 1 N–H and O–H groups in total. The van der Waals surface area contributed by atoms with Gasteiger partial charge < -0.3 is 5.11 Å². The van der Waals surface area contributed by atoms with Crippen LogP contribution in [0.3, 0.4) is 0 Å². The van der Waals surface area contributed by atoms with Crippen molar-refractivity contribution < 1.29 is 5.11 Å². The zero-order chi connectivity index (χ0) is 11.7. The van der Waals surface area contributed by atoms with Crippen molar-refractivity contribution in [3.63, 3.8) is 0 Å². The number of hydrogen-bond donors (Lipinski definition) is 1. The number of aliphatic hydroxyl groups excluding tert-OH is 1. The second-order valence-corrected chi connectivity index (χ2v) is 3.94. The lowest BCUT2D eigenvalue weighted by Gasteiger charge is -2.10. The van der Waals surface area contributed by atoms with Crippen molar-refractivity contribution in [3.8, 4) is 5.82 Å². The van der Waals surface area contributed by atoms with Crippen LogP contribution in [0.5, 0.6) is 0 Å². The molecule has 0 saturated heterocycles. The topological polar surface area (TPSA) is 50.9 Å². The minimum Gasteiger partial charge on any atom is -0.392 e. The van der Waals surface area contributed by atoms with E-state index in [0.29, 0.717) is 5.82 Å². The minimum absolute atomic E-state index is 0.0205. The van der Waals surface area contributed by atoms with Gasteiger partial charge in [0.05, 0.1) is 12.3 Å². The second-order valence-electron chi connectivity index (χ2n) is 3.94. The maximum atomic E-state index is 9.38. The fourth-order valence-corrected chi connectivity index (χ4v) is 1.76. The van der Waals surface area contributed by atoms with Crippen molar-refractivity contribution in [3.05, 3.63) is 40.8 Å². The molecular formula is C12H15N3O. The fourth-order valence-electron chi connectivity index (χ4n) is 1.76. The maximum Gasteiger partial charge on any atom is 0.159 e. The van der Waals surface area contributed by atoms with Crippen LogP contribution >= 0.6 is 0 Å². The van der Waals surface area contributed by atoms with E-state index in [2.05, 4.69) is 10.1 Å². The Kier molecular flexibility index (Phi) is 2.75. The third-order valence-corrected chi connectivity index (χ3v) is 2.55. The lowest BCUT2D eigenvalue weighted by atomic mass is 10.1. The van der Waals surface area contributed by atoms with Gasteiger partial charge in [0.2, 0.25) is 0 Å². The molecule has 2 rings (SSSR count). The lowest BCUT2D eigenvalue weighted by molar-refractivity contribution is 0.280. The minimum atomic E-state index is -0.0205. The van der Waals surface area contributed by atoms with Gasteiger partial charge in [0.1, 0.15) is 0 Å². The van der Waals surface area contributed by atoms with E-state index < -0.39 is 0 Å². The summed E-state index contributed by atoms with van der Waals surface area (Å²) in [6.45, 7) is 5.82. The highest BCUT2D eigenvalue weighted by Crippen LogP contribution is 2.17. The van der Waals surface area contributed by atoms with Crippen molar-refractivity contribution in [2.24, 2.45) is 0 Å². The van der Waals surface area contributed by atoms with Crippen molar-refractivity contribution in [2.75, 3.05) is 0 Å². The number of aliphatic hydroxyl groups is 1. The summed E-state index contributed by atoms with van der Waals surface area (Å²) in [7, 11) is 0. The van der Waals surface area contributed by atoms with Gasteiger partial charge in [-0.1, -0.05) is 0 Å². The fraction of sp³-hybridized carbons (Fsp3) is 0.333. The molecule has 0 saturated carbocycles. The highest BCUT2D eigenvalue weighted by atomic mass is 16.3. The molecule has 0 aliphatic carbocycles. The van der Waals surface area contributed by atoms with Crippen molar-refractivity contribution >= 4 is 0 Å². The number of aromatic nitrogens is 3. The van der Waals surface area contributed by atoms with E-state index in [4.69, 9.17) is 0 Å². The molecule has 0 aliphatic rings. The Labute approximate surface area is 94.6 Å². The van der Waals surface area contributed by atoms with E-state index >= 15 is 0 Å². The zero-order valence-corrected chi connectivity index (χ0v) is 9.73. The Morgan fingerprint density at radius 1 is 1.25 bits per heavy atom. The van der Waals surface area contributed by atoms with Crippen molar-refractivity contribution in [2.45, 2.75) is 27.4 Å². The first-order valence-corrected chi connectivity index (χ1v) is 5.22. The highest BCUT2D eigenvalue weighted by Gasteiger charge is 2.10. The molecule has 0 bridgehead atoms. The first kappa shape index (κ1) is 10.8. The molecule has 0 aliphatic heterocycles. The van der Waals surface area contributed by atoms with Crippen molar-refractivity contribution in [1.29, 1.82) is 0 Å². The Bertz CT molecular complexity index is 517. The highest BCUT2D eigenvalue weighted by molar-refractivity contribution is 5.40. The van der Waals surface area contributed by atoms with Crippen LogP contribution in [0, 0.1) is 20.8 Å². The summed E-state index contributed by atoms with van der Waals surface area (Å²) < 4.78 is 1.71. The van der Waals surface area contributed by atoms with Crippen LogP contribution in [0.4, 0.5) is 0 Å². The number of hydrogen-bond acceptors (Lipinski definition) is 3. The molecular weight excluding hydrogens is 202 g/mol. The number of nitrogens with zero attached hydrogens (tertiary/aromatic N) is 3. The standard InChI is InChI=1S/C12H15N3O/c1-8-6-10(3)13-12(11(8)7-16)15-5-4-9(2)14-15/h4-6,16H,7H2,1-3H3. The second kappa shape index (κ2) is 4.06. The summed E-state index contributed by atoms with van der Waals surface area (Å²) in [5.41, 5.74) is 3.73. The van der Waals surface area contributed by atoms with Crippen LogP contribution < -0.4 is 0 Å². The van der Waals surface area contributed by atoms with Crippen molar-refractivity contribution in [1.82, 2.24) is 14.8 Å². The predicted molar refractivity (Wildman–Crippen MR) is 61.5 cm³/mol. The SMILES string of the molecule is Cc1cc(C)c(CO)c(-n2ccc(C)n2)n1. The van der Waals surface area contributed by atoms with Crippen LogP contribution in [0.25, 0.3) is 5.82 Å². The van der Waals surface area contributed by atoms with E-state index in [1.54, 1.807) is 4.68 Å². The summed E-state index contributed by atoms with van der Waals surface area (Å²) in [6, 6.07) is 3.88. The lowest BCUT2D eigenvalue weighted by Crippen LogP contribution is -2.07. The van der Waals surface area contributed by atoms with E-state index in [0.717, 1.165) is 22.5 Å². The molecule has 2 aromatic heterocycles. The van der Waals surface area contributed by atoms with Gasteiger partial charge in [-0.3, -0.25) is 0 Å². The molecule has 0 atom stereocenters. The molecule has 0 aromatic carbocycles. The maximum absolute atomic E-state index is 9.38. The molecule has 4 heteroatoms. The van der Waals surface area contributed by atoms with E-state index in [1.807, 2.05) is 39.1 Å². The van der Waals surface area contributed by atoms with Gasteiger partial charge in [0.15, 0.2) is 5.82 Å². The largest absolute Gasteiger partial charge is 0.392 e. The number of pyridine rings is 1. The average molecular weight is 217 g/mol. The quantitative estimate of drug-likeness (QED) is 0.832. The van der Waals surface area contributed by atoms with Gasteiger partial charge in [-0.25, -0.2) is 9.67 Å².